The minimum Gasteiger partial charge on any atom is -0.311 e. The van der Waals surface area contributed by atoms with Crippen LogP contribution in [0.3, 0.4) is 0 Å². The summed E-state index contributed by atoms with van der Waals surface area (Å²) in [6.07, 6.45) is 4.64. The van der Waals surface area contributed by atoms with Gasteiger partial charge in [0, 0.05) is 46.9 Å². The number of fused-ring (bicyclic) bond motifs is 1. The van der Waals surface area contributed by atoms with Gasteiger partial charge < -0.3 is 4.90 Å². The van der Waals surface area contributed by atoms with E-state index in [4.69, 9.17) is 0 Å². The first-order chi connectivity index (χ1) is 20.6. The second-order valence-corrected chi connectivity index (χ2v) is 10.1. The number of amides is 2. The Balaban J connectivity index is 1.18. The van der Waals surface area contributed by atoms with Gasteiger partial charge in [0.15, 0.2) is 12.4 Å². The quantitative estimate of drug-likeness (QED) is 0.129. The average molecular weight is 549 g/mol. The summed E-state index contributed by atoms with van der Waals surface area (Å²) in [5.41, 5.74) is 6.67. The lowest BCUT2D eigenvalue weighted by Gasteiger charge is -2.25. The van der Waals surface area contributed by atoms with E-state index >= 15 is 0 Å². The molecule has 5 nitrogen and oxygen atoms in total. The number of aromatic nitrogens is 1. The molecule has 6 rings (SSSR count). The van der Waals surface area contributed by atoms with Crippen LogP contribution in [0.1, 0.15) is 44.3 Å². The van der Waals surface area contributed by atoms with Crippen molar-refractivity contribution in [2.45, 2.75) is 19.9 Å². The molecule has 0 saturated carbocycles. The van der Waals surface area contributed by atoms with Crippen LogP contribution in [0.5, 0.6) is 0 Å². The first kappa shape index (κ1) is 26.7. The second kappa shape index (κ2) is 12.0. The van der Waals surface area contributed by atoms with Crippen molar-refractivity contribution in [3.8, 4) is 11.8 Å². The maximum atomic E-state index is 13.1. The summed E-state index contributed by atoms with van der Waals surface area (Å²) in [5.74, 6) is 5.88. The summed E-state index contributed by atoms with van der Waals surface area (Å²) in [6, 6.07) is 37.9. The third-order valence-corrected chi connectivity index (χ3v) is 7.43. The van der Waals surface area contributed by atoms with Gasteiger partial charge in [-0.25, -0.2) is 4.57 Å². The molecule has 5 heteroatoms. The van der Waals surface area contributed by atoms with E-state index in [2.05, 4.69) is 64.6 Å². The van der Waals surface area contributed by atoms with Gasteiger partial charge in [0.25, 0.3) is 11.8 Å². The Labute approximate surface area is 246 Å². The summed E-state index contributed by atoms with van der Waals surface area (Å²) in [7, 11) is 0. The molecule has 1 aliphatic rings. The highest BCUT2D eigenvalue weighted by Crippen LogP contribution is 2.34. The van der Waals surface area contributed by atoms with Crippen LogP contribution in [0.15, 0.2) is 128 Å². The van der Waals surface area contributed by atoms with Crippen molar-refractivity contribution in [1.29, 1.82) is 0 Å². The first-order valence-electron chi connectivity index (χ1n) is 14.1. The lowest BCUT2D eigenvalue weighted by molar-refractivity contribution is -0.693. The van der Waals surface area contributed by atoms with Gasteiger partial charge in [0.05, 0.1) is 11.1 Å². The predicted molar refractivity (Wildman–Crippen MR) is 165 cm³/mol. The molecular formula is C37H30N3O2+. The highest BCUT2D eigenvalue weighted by Gasteiger charge is 2.35. The van der Waals surface area contributed by atoms with Gasteiger partial charge >= 0.3 is 0 Å². The Bertz CT molecular complexity index is 1750. The standard InChI is InChI=1S/C37H30N3O2/c1-2-38-24-21-29(22-25-38)23-26-39-36(41)34-20-17-30(27-35(34)37(39)42)14-13-28-15-18-33(19-16-28)40(31-9-5-3-6-10-31)32-11-7-4-8-12-32/h3-12,15-22,24-25,27H,2,23,26H2,1H3/q+1. The number of pyridine rings is 1. The molecule has 1 aliphatic heterocycles. The SMILES string of the molecule is CC[n+]1ccc(CCN2C(=O)c3ccc(C#Cc4ccc(N(c5ccccc5)c5ccccc5)cc4)cc3C2=O)cc1. The number of benzene rings is 4. The number of hydrogen-bond donors (Lipinski definition) is 0. The van der Waals surface area contributed by atoms with Crippen LogP contribution in [-0.4, -0.2) is 23.3 Å². The van der Waals surface area contributed by atoms with Gasteiger partial charge in [-0.2, -0.15) is 0 Å². The molecule has 2 amide bonds. The molecule has 42 heavy (non-hydrogen) atoms. The molecule has 5 aromatic rings. The minimum absolute atomic E-state index is 0.244. The third kappa shape index (κ3) is 5.56. The van der Waals surface area contributed by atoms with E-state index in [0.29, 0.717) is 29.7 Å². The maximum Gasteiger partial charge on any atom is 0.261 e. The number of carbonyl (C=O) groups excluding carboxylic acids is 2. The first-order valence-corrected chi connectivity index (χ1v) is 14.1. The number of imide groups is 1. The molecule has 0 aliphatic carbocycles. The molecule has 0 atom stereocenters. The monoisotopic (exact) mass is 548 g/mol. The zero-order valence-corrected chi connectivity index (χ0v) is 23.4. The molecule has 0 saturated heterocycles. The summed E-state index contributed by atoms with van der Waals surface area (Å²) in [4.78, 5) is 29.7. The molecule has 0 fully saturated rings. The summed E-state index contributed by atoms with van der Waals surface area (Å²) in [5, 5.41) is 0. The van der Waals surface area contributed by atoms with E-state index in [1.165, 1.54) is 4.90 Å². The van der Waals surface area contributed by atoms with E-state index in [-0.39, 0.29) is 11.8 Å². The highest BCUT2D eigenvalue weighted by molar-refractivity contribution is 6.21. The average Bonchev–Trinajstić information content (AvgIpc) is 3.29. The van der Waals surface area contributed by atoms with Crippen molar-refractivity contribution < 1.29 is 14.2 Å². The van der Waals surface area contributed by atoms with Gasteiger partial charge in [-0.05, 0) is 85.6 Å². The van der Waals surface area contributed by atoms with Crippen LogP contribution in [0.25, 0.3) is 0 Å². The molecule has 0 radical (unpaired) electrons. The number of para-hydroxylation sites is 2. The fraction of sp³-hybridized carbons (Fsp3) is 0.108. The molecule has 0 N–H and O–H groups in total. The molecule has 0 bridgehead atoms. The Morgan fingerprint density at radius 2 is 1.19 bits per heavy atom. The van der Waals surface area contributed by atoms with Crippen molar-refractivity contribution in [2.24, 2.45) is 0 Å². The summed E-state index contributed by atoms with van der Waals surface area (Å²) in [6.45, 7) is 3.33. The number of anilines is 3. The number of carbonyl (C=O) groups is 2. The van der Waals surface area contributed by atoms with E-state index in [0.717, 1.165) is 34.7 Å². The zero-order chi connectivity index (χ0) is 28.9. The molecular weight excluding hydrogens is 518 g/mol. The van der Waals surface area contributed by atoms with Gasteiger partial charge in [0.1, 0.15) is 6.54 Å². The largest absolute Gasteiger partial charge is 0.311 e. The lowest BCUT2D eigenvalue weighted by atomic mass is 10.1. The molecule has 2 heterocycles. The van der Waals surface area contributed by atoms with Crippen LogP contribution >= 0.6 is 0 Å². The Morgan fingerprint density at radius 1 is 0.643 bits per heavy atom. The minimum atomic E-state index is -0.260. The molecule has 1 aromatic heterocycles. The zero-order valence-electron chi connectivity index (χ0n) is 23.4. The van der Waals surface area contributed by atoms with Gasteiger partial charge in [-0.1, -0.05) is 48.2 Å². The topological polar surface area (TPSA) is 44.5 Å². The van der Waals surface area contributed by atoms with Crippen molar-refractivity contribution in [3.05, 3.63) is 155 Å². The third-order valence-electron chi connectivity index (χ3n) is 7.43. The lowest BCUT2D eigenvalue weighted by Crippen LogP contribution is -2.33. The molecule has 4 aromatic carbocycles. The van der Waals surface area contributed by atoms with E-state index < -0.39 is 0 Å². The van der Waals surface area contributed by atoms with Crippen LogP contribution in [0.4, 0.5) is 17.1 Å². The molecule has 0 spiro atoms. The van der Waals surface area contributed by atoms with Gasteiger partial charge in [0.2, 0.25) is 0 Å². The highest BCUT2D eigenvalue weighted by atomic mass is 16.2. The molecule has 204 valence electrons. The van der Waals surface area contributed by atoms with Crippen molar-refractivity contribution >= 4 is 28.9 Å². The van der Waals surface area contributed by atoms with Crippen molar-refractivity contribution in [1.82, 2.24) is 4.90 Å². The maximum absolute atomic E-state index is 13.1. The second-order valence-electron chi connectivity index (χ2n) is 10.1. The predicted octanol–water partition coefficient (Wildman–Crippen LogP) is 6.70. The van der Waals surface area contributed by atoms with Crippen molar-refractivity contribution in [3.63, 3.8) is 0 Å². The van der Waals surface area contributed by atoms with E-state index in [1.807, 2.05) is 79.1 Å². The smallest absolute Gasteiger partial charge is 0.261 e. The van der Waals surface area contributed by atoms with Crippen LogP contribution in [0, 0.1) is 11.8 Å². The summed E-state index contributed by atoms with van der Waals surface area (Å²) >= 11 is 0. The Kier molecular flexibility index (Phi) is 7.61. The fourth-order valence-electron chi connectivity index (χ4n) is 5.12. The molecule has 0 unspecified atom stereocenters. The van der Waals surface area contributed by atoms with Gasteiger partial charge in [-0.3, -0.25) is 14.5 Å². The summed E-state index contributed by atoms with van der Waals surface area (Å²) < 4.78 is 2.08. The number of hydrogen-bond acceptors (Lipinski definition) is 3. The van der Waals surface area contributed by atoms with Crippen molar-refractivity contribution in [2.75, 3.05) is 11.4 Å². The van der Waals surface area contributed by atoms with E-state index in [1.54, 1.807) is 12.1 Å². The van der Waals surface area contributed by atoms with Crippen LogP contribution in [-0.2, 0) is 13.0 Å². The normalized spacial score (nSPS) is 12.1. The Hall–Kier alpha value is -5.47. The Morgan fingerprint density at radius 3 is 1.81 bits per heavy atom. The van der Waals surface area contributed by atoms with Crippen LogP contribution in [0.2, 0.25) is 0 Å². The number of nitrogens with zero attached hydrogens (tertiary/aromatic N) is 3. The van der Waals surface area contributed by atoms with Crippen LogP contribution < -0.4 is 9.47 Å². The number of rotatable bonds is 7. The van der Waals surface area contributed by atoms with Gasteiger partial charge in [-0.15, -0.1) is 0 Å². The fourth-order valence-corrected chi connectivity index (χ4v) is 5.12. The van der Waals surface area contributed by atoms with E-state index in [9.17, 15) is 9.59 Å². The number of aryl methyl sites for hydroxylation is 1.